The molecule has 0 radical (unpaired) electrons. The number of rotatable bonds is 6. The summed E-state index contributed by atoms with van der Waals surface area (Å²) in [5, 5.41) is 13.2. The fraction of sp³-hybridized carbons (Fsp3) is 0. The molecule has 0 bridgehead atoms. The van der Waals surface area contributed by atoms with Crippen molar-refractivity contribution in [2.45, 2.75) is 0 Å². The highest BCUT2D eigenvalue weighted by molar-refractivity contribution is 6.04. The van der Waals surface area contributed by atoms with Gasteiger partial charge in [0.05, 0.1) is 5.69 Å². The average molecular weight is 450 g/mol. The van der Waals surface area contributed by atoms with Crippen LogP contribution in [0.3, 0.4) is 0 Å². The third kappa shape index (κ3) is 4.66. The first-order chi connectivity index (χ1) is 16.7. The smallest absolute Gasteiger partial charge is 0.255 e. The van der Waals surface area contributed by atoms with Crippen molar-refractivity contribution in [1.82, 2.24) is 20.2 Å². The molecule has 0 aliphatic heterocycles. The van der Waals surface area contributed by atoms with Gasteiger partial charge in [0.1, 0.15) is 11.5 Å². The number of nitrogens with zero attached hydrogens (tertiary/aromatic N) is 3. The van der Waals surface area contributed by atoms with E-state index in [2.05, 4.69) is 30.8 Å². The Morgan fingerprint density at radius 2 is 1.71 bits per heavy atom. The van der Waals surface area contributed by atoms with Gasteiger partial charge in [-0.25, -0.2) is 14.4 Å². The zero-order chi connectivity index (χ0) is 23.3. The molecule has 5 aromatic rings. The fourth-order valence-electron chi connectivity index (χ4n) is 3.47. The molecule has 3 N–H and O–H groups in total. The zero-order valence-corrected chi connectivity index (χ0v) is 17.9. The van der Waals surface area contributed by atoms with E-state index in [4.69, 9.17) is 0 Å². The quantitative estimate of drug-likeness (QED) is 0.310. The molecule has 5 rings (SSSR count). The molecule has 0 saturated carbocycles. The lowest BCUT2D eigenvalue weighted by Gasteiger charge is -2.08. The summed E-state index contributed by atoms with van der Waals surface area (Å²) in [6, 6.07) is 24.3. The molecule has 0 fully saturated rings. The summed E-state index contributed by atoms with van der Waals surface area (Å²) in [4.78, 5) is 21.2. The minimum atomic E-state index is -0.346. The molecule has 1 amide bonds. The zero-order valence-electron chi connectivity index (χ0n) is 17.9. The molecule has 0 unspecified atom stereocenters. The van der Waals surface area contributed by atoms with Crippen molar-refractivity contribution in [2.75, 3.05) is 10.6 Å². The molecule has 7 nitrogen and oxygen atoms in total. The predicted molar refractivity (Wildman–Crippen MR) is 129 cm³/mol. The Labute approximate surface area is 194 Å². The summed E-state index contributed by atoms with van der Waals surface area (Å²) >= 11 is 0. The van der Waals surface area contributed by atoms with Gasteiger partial charge in [-0.1, -0.05) is 36.4 Å². The van der Waals surface area contributed by atoms with Crippen molar-refractivity contribution in [1.29, 1.82) is 0 Å². The number of nitrogens with one attached hydrogen (secondary N) is 3. The molecule has 2 aromatic heterocycles. The normalized spacial score (nSPS) is 10.6. The van der Waals surface area contributed by atoms with Crippen molar-refractivity contribution in [3.05, 3.63) is 109 Å². The average Bonchev–Trinajstić information content (AvgIpc) is 3.35. The van der Waals surface area contributed by atoms with Crippen LogP contribution in [0.1, 0.15) is 10.4 Å². The van der Waals surface area contributed by atoms with Crippen LogP contribution in [0.5, 0.6) is 0 Å². The van der Waals surface area contributed by atoms with Crippen molar-refractivity contribution in [3.8, 4) is 22.5 Å². The second-order valence-corrected chi connectivity index (χ2v) is 7.45. The van der Waals surface area contributed by atoms with Crippen LogP contribution in [0.2, 0.25) is 0 Å². The summed E-state index contributed by atoms with van der Waals surface area (Å²) in [6.07, 6.45) is 3.39. The number of anilines is 3. The minimum absolute atomic E-state index is 0.173. The molecule has 2 heterocycles. The number of benzene rings is 3. The number of carbonyl (C=O) groups excluding carboxylic acids is 1. The summed E-state index contributed by atoms with van der Waals surface area (Å²) in [5.41, 5.74) is 4.82. The lowest BCUT2D eigenvalue weighted by atomic mass is 10.1. The molecule has 0 aliphatic rings. The summed E-state index contributed by atoms with van der Waals surface area (Å²) < 4.78 is 13.5. The Morgan fingerprint density at radius 3 is 2.50 bits per heavy atom. The van der Waals surface area contributed by atoms with Gasteiger partial charge in [-0.15, -0.1) is 0 Å². The molecule has 166 valence electrons. The van der Waals surface area contributed by atoms with Gasteiger partial charge in [-0.2, -0.15) is 5.10 Å². The van der Waals surface area contributed by atoms with Gasteiger partial charge in [-0.3, -0.25) is 9.89 Å². The summed E-state index contributed by atoms with van der Waals surface area (Å²) in [5.74, 6) is -0.177. The van der Waals surface area contributed by atoms with Gasteiger partial charge >= 0.3 is 0 Å². The first-order valence-electron chi connectivity index (χ1n) is 10.5. The molecule has 8 heteroatoms. The van der Waals surface area contributed by atoms with Crippen LogP contribution in [-0.2, 0) is 0 Å². The van der Waals surface area contributed by atoms with Crippen LogP contribution in [0, 0.1) is 5.82 Å². The molecular formula is C26H19FN6O. The van der Waals surface area contributed by atoms with Gasteiger partial charge in [-0.05, 0) is 48.5 Å². The summed E-state index contributed by atoms with van der Waals surface area (Å²) in [7, 11) is 0. The van der Waals surface area contributed by atoms with E-state index in [0.29, 0.717) is 34.3 Å². The van der Waals surface area contributed by atoms with Crippen molar-refractivity contribution in [2.24, 2.45) is 0 Å². The van der Waals surface area contributed by atoms with E-state index < -0.39 is 0 Å². The van der Waals surface area contributed by atoms with E-state index in [0.717, 1.165) is 11.1 Å². The monoisotopic (exact) mass is 450 g/mol. The number of H-pyrrole nitrogens is 1. The molecule has 0 aliphatic carbocycles. The highest BCUT2D eigenvalue weighted by atomic mass is 19.1. The van der Waals surface area contributed by atoms with Gasteiger partial charge in [0.15, 0.2) is 0 Å². The number of halogens is 1. The van der Waals surface area contributed by atoms with Crippen LogP contribution in [-0.4, -0.2) is 26.1 Å². The number of aromatic amines is 1. The largest absolute Gasteiger partial charge is 0.324 e. The maximum Gasteiger partial charge on any atom is 0.255 e. The molecular weight excluding hydrogens is 431 g/mol. The van der Waals surface area contributed by atoms with Gasteiger partial charge in [0.25, 0.3) is 5.91 Å². The Hall–Kier alpha value is -4.85. The van der Waals surface area contributed by atoms with Crippen LogP contribution in [0.25, 0.3) is 22.5 Å². The maximum atomic E-state index is 13.5. The predicted octanol–water partition coefficient (Wildman–Crippen LogP) is 5.67. The lowest BCUT2D eigenvalue weighted by Crippen LogP contribution is -2.11. The number of aromatic nitrogens is 4. The summed E-state index contributed by atoms with van der Waals surface area (Å²) in [6.45, 7) is 0. The lowest BCUT2D eigenvalue weighted by molar-refractivity contribution is 0.102. The van der Waals surface area contributed by atoms with Gasteiger partial charge in [0, 0.05) is 40.5 Å². The second-order valence-electron chi connectivity index (χ2n) is 7.45. The highest BCUT2D eigenvalue weighted by Gasteiger charge is 2.13. The molecule has 0 atom stereocenters. The van der Waals surface area contributed by atoms with E-state index in [1.54, 1.807) is 42.7 Å². The highest BCUT2D eigenvalue weighted by Crippen LogP contribution is 2.30. The fourth-order valence-corrected chi connectivity index (χ4v) is 3.47. The first kappa shape index (κ1) is 21.0. The van der Waals surface area contributed by atoms with Crippen molar-refractivity contribution >= 4 is 23.2 Å². The first-order valence-corrected chi connectivity index (χ1v) is 10.5. The van der Waals surface area contributed by atoms with Gasteiger partial charge < -0.3 is 10.6 Å². The third-order valence-electron chi connectivity index (χ3n) is 5.10. The standard InChI is InChI=1S/C26H19FN6O/c27-19-7-4-8-21(15-19)31-26-28-14-13-23(32-26)22-16-29-33-24(22)17-9-11-20(12-10-17)30-25(34)18-5-2-1-3-6-18/h1-16H,(H,29,33)(H,30,34)(H,28,31,32). The van der Waals surface area contributed by atoms with Crippen molar-refractivity contribution < 1.29 is 9.18 Å². The minimum Gasteiger partial charge on any atom is -0.324 e. The number of amides is 1. The molecule has 3 aromatic carbocycles. The van der Waals surface area contributed by atoms with Crippen LogP contribution in [0.4, 0.5) is 21.7 Å². The SMILES string of the molecule is O=C(Nc1ccc(-c2n[nH]cc2-c2ccnc(Nc3cccc(F)c3)n2)cc1)c1ccccc1. The topological polar surface area (TPSA) is 95.6 Å². The van der Waals surface area contributed by atoms with E-state index in [-0.39, 0.29) is 11.7 Å². The Morgan fingerprint density at radius 1 is 0.882 bits per heavy atom. The molecule has 0 saturated heterocycles. The maximum absolute atomic E-state index is 13.5. The molecule has 34 heavy (non-hydrogen) atoms. The number of hydrogen-bond donors (Lipinski definition) is 3. The van der Waals surface area contributed by atoms with E-state index in [1.807, 2.05) is 42.5 Å². The Balaban J connectivity index is 1.36. The van der Waals surface area contributed by atoms with Crippen LogP contribution >= 0.6 is 0 Å². The third-order valence-corrected chi connectivity index (χ3v) is 5.10. The second kappa shape index (κ2) is 9.33. The van der Waals surface area contributed by atoms with Crippen LogP contribution < -0.4 is 10.6 Å². The van der Waals surface area contributed by atoms with E-state index in [1.165, 1.54) is 12.1 Å². The van der Waals surface area contributed by atoms with Crippen molar-refractivity contribution in [3.63, 3.8) is 0 Å². The van der Waals surface area contributed by atoms with Crippen LogP contribution in [0.15, 0.2) is 97.3 Å². The Bertz CT molecular complexity index is 1430. The van der Waals surface area contributed by atoms with Gasteiger partial charge in [0.2, 0.25) is 5.95 Å². The molecule has 0 spiro atoms. The van der Waals surface area contributed by atoms with E-state index >= 15 is 0 Å². The Kier molecular flexibility index (Phi) is 5.77. The number of carbonyl (C=O) groups is 1. The number of hydrogen-bond acceptors (Lipinski definition) is 5. The van der Waals surface area contributed by atoms with E-state index in [9.17, 15) is 9.18 Å².